The Balaban J connectivity index is 1.47. The summed E-state index contributed by atoms with van der Waals surface area (Å²) in [5.74, 6) is 0.866. The summed E-state index contributed by atoms with van der Waals surface area (Å²) in [6.45, 7) is 1.79. The first kappa shape index (κ1) is 16.3. The van der Waals surface area contributed by atoms with Gasteiger partial charge in [0.05, 0.1) is 5.69 Å². The maximum atomic E-state index is 11.4. The minimum absolute atomic E-state index is 0.387. The third-order valence-electron chi connectivity index (χ3n) is 4.76. The molecule has 1 aliphatic heterocycles. The van der Waals surface area contributed by atoms with Crippen molar-refractivity contribution in [3.05, 3.63) is 65.7 Å². The van der Waals surface area contributed by atoms with Gasteiger partial charge < -0.3 is 10.6 Å². The quantitative estimate of drug-likeness (QED) is 0.760. The normalized spacial score (nSPS) is 16.8. The van der Waals surface area contributed by atoms with Gasteiger partial charge in [0.2, 0.25) is 11.9 Å². The summed E-state index contributed by atoms with van der Waals surface area (Å²) in [5, 5.41) is 12.2. The number of para-hydroxylation sites is 1. The number of tetrazole rings is 1. The van der Waals surface area contributed by atoms with Gasteiger partial charge in [0.1, 0.15) is 0 Å². The van der Waals surface area contributed by atoms with Gasteiger partial charge in [-0.15, -0.1) is 0 Å². The van der Waals surface area contributed by atoms with Crippen LogP contribution in [0.15, 0.2) is 54.6 Å². The van der Waals surface area contributed by atoms with Crippen LogP contribution in [0.5, 0.6) is 0 Å². The summed E-state index contributed by atoms with van der Waals surface area (Å²) < 4.78 is 1.77. The highest BCUT2D eigenvalue weighted by Crippen LogP contribution is 2.26. The van der Waals surface area contributed by atoms with Gasteiger partial charge in [0, 0.05) is 18.7 Å². The van der Waals surface area contributed by atoms with E-state index >= 15 is 0 Å². The summed E-state index contributed by atoms with van der Waals surface area (Å²) in [7, 11) is 0. The Morgan fingerprint density at radius 2 is 2.00 bits per heavy atom. The molecular formula is C19H20N6O. The Morgan fingerprint density at radius 3 is 2.81 bits per heavy atom. The van der Waals surface area contributed by atoms with Crippen LogP contribution in [0.4, 0.5) is 5.95 Å². The lowest BCUT2D eigenvalue weighted by atomic mass is 9.97. The molecule has 1 saturated heterocycles. The van der Waals surface area contributed by atoms with Crippen LogP contribution in [0.2, 0.25) is 0 Å². The molecule has 26 heavy (non-hydrogen) atoms. The van der Waals surface area contributed by atoms with Crippen LogP contribution in [0.1, 0.15) is 22.3 Å². The molecule has 1 aromatic heterocycles. The van der Waals surface area contributed by atoms with Crippen molar-refractivity contribution in [1.29, 1.82) is 0 Å². The molecule has 2 aromatic carbocycles. The molecule has 2 N–H and O–H groups in total. The lowest BCUT2D eigenvalue weighted by Crippen LogP contribution is -2.24. The Labute approximate surface area is 151 Å². The number of carbonyl (C=O) groups is 1. The first-order valence-electron chi connectivity index (χ1n) is 8.68. The van der Waals surface area contributed by atoms with Crippen LogP contribution >= 0.6 is 0 Å². The summed E-state index contributed by atoms with van der Waals surface area (Å²) in [5.41, 5.74) is 8.02. The topological polar surface area (TPSA) is 89.9 Å². The molecule has 0 saturated carbocycles. The first-order chi connectivity index (χ1) is 12.7. The average molecular weight is 348 g/mol. The van der Waals surface area contributed by atoms with E-state index in [1.807, 2.05) is 48.5 Å². The molecule has 4 rings (SSSR count). The molecule has 1 fully saturated rings. The molecule has 3 aromatic rings. The molecule has 0 spiro atoms. The van der Waals surface area contributed by atoms with Crippen LogP contribution in [0.3, 0.4) is 0 Å². The fourth-order valence-electron chi connectivity index (χ4n) is 3.48. The number of rotatable bonds is 5. The number of benzene rings is 2. The van der Waals surface area contributed by atoms with Gasteiger partial charge in [0.15, 0.2) is 0 Å². The zero-order valence-electron chi connectivity index (χ0n) is 14.3. The molecule has 1 atom stereocenters. The minimum atomic E-state index is -0.387. The molecule has 0 aliphatic carbocycles. The van der Waals surface area contributed by atoms with Gasteiger partial charge in [0.25, 0.3) is 0 Å². The van der Waals surface area contributed by atoms with Gasteiger partial charge in [-0.25, -0.2) is 0 Å². The van der Waals surface area contributed by atoms with Gasteiger partial charge in [-0.3, -0.25) is 4.79 Å². The maximum absolute atomic E-state index is 11.4. The molecule has 1 aliphatic rings. The van der Waals surface area contributed by atoms with E-state index in [0.717, 1.165) is 43.1 Å². The van der Waals surface area contributed by atoms with Crippen molar-refractivity contribution in [3.8, 4) is 5.69 Å². The number of nitrogens with zero attached hydrogens (tertiary/aromatic N) is 5. The SMILES string of the molecule is NC(=O)c1cccc(C[C@@H]2CCN(c3nnnn3-c3ccccc3)C2)c1. The number of hydrogen-bond donors (Lipinski definition) is 1. The zero-order valence-corrected chi connectivity index (χ0v) is 14.3. The third-order valence-corrected chi connectivity index (χ3v) is 4.76. The van der Waals surface area contributed by atoms with Crippen molar-refractivity contribution in [1.82, 2.24) is 20.2 Å². The van der Waals surface area contributed by atoms with E-state index in [1.165, 1.54) is 0 Å². The molecule has 0 radical (unpaired) electrons. The molecule has 132 valence electrons. The molecule has 2 heterocycles. The van der Waals surface area contributed by atoms with Gasteiger partial charge >= 0.3 is 0 Å². The van der Waals surface area contributed by atoms with Crippen LogP contribution in [0.25, 0.3) is 5.69 Å². The fourth-order valence-corrected chi connectivity index (χ4v) is 3.48. The summed E-state index contributed by atoms with van der Waals surface area (Å²) in [4.78, 5) is 13.6. The Hall–Kier alpha value is -3.22. The number of nitrogens with two attached hydrogens (primary N) is 1. The smallest absolute Gasteiger partial charge is 0.250 e. The van der Waals surface area contributed by atoms with Gasteiger partial charge in [-0.05, 0) is 59.0 Å². The zero-order chi connectivity index (χ0) is 17.9. The molecule has 1 amide bonds. The molecule has 0 unspecified atom stereocenters. The van der Waals surface area contributed by atoms with E-state index in [-0.39, 0.29) is 5.91 Å². The number of hydrogen-bond acceptors (Lipinski definition) is 5. The number of anilines is 1. The lowest BCUT2D eigenvalue weighted by molar-refractivity contribution is 0.1000. The Bertz CT molecular complexity index is 907. The van der Waals surface area contributed by atoms with Crippen molar-refractivity contribution in [2.75, 3.05) is 18.0 Å². The van der Waals surface area contributed by atoms with E-state index in [0.29, 0.717) is 11.5 Å². The van der Waals surface area contributed by atoms with E-state index in [4.69, 9.17) is 5.73 Å². The van der Waals surface area contributed by atoms with E-state index in [2.05, 4.69) is 20.4 Å². The van der Waals surface area contributed by atoms with Gasteiger partial charge in [-0.1, -0.05) is 35.4 Å². The minimum Gasteiger partial charge on any atom is -0.366 e. The number of primary amides is 1. The maximum Gasteiger partial charge on any atom is 0.250 e. The second kappa shape index (κ2) is 6.95. The molecule has 0 bridgehead atoms. The van der Waals surface area contributed by atoms with Crippen LogP contribution in [-0.2, 0) is 6.42 Å². The number of amides is 1. The lowest BCUT2D eigenvalue weighted by Gasteiger charge is -2.17. The van der Waals surface area contributed by atoms with Crippen molar-refractivity contribution in [2.45, 2.75) is 12.8 Å². The fraction of sp³-hybridized carbons (Fsp3) is 0.263. The van der Waals surface area contributed by atoms with E-state index in [9.17, 15) is 4.79 Å². The Morgan fingerprint density at radius 1 is 1.15 bits per heavy atom. The first-order valence-corrected chi connectivity index (χ1v) is 8.68. The van der Waals surface area contributed by atoms with Crippen LogP contribution in [-0.4, -0.2) is 39.2 Å². The predicted octanol–water partition coefficient (Wildman–Crippen LogP) is 1.83. The Kier molecular flexibility index (Phi) is 4.35. The summed E-state index contributed by atoms with van der Waals surface area (Å²) in [6.07, 6.45) is 1.97. The number of carbonyl (C=O) groups excluding carboxylic acids is 1. The average Bonchev–Trinajstić information content (AvgIpc) is 3.32. The van der Waals surface area contributed by atoms with E-state index < -0.39 is 0 Å². The number of aromatic nitrogens is 4. The predicted molar refractivity (Wildman–Crippen MR) is 98.1 cm³/mol. The molecular weight excluding hydrogens is 328 g/mol. The largest absolute Gasteiger partial charge is 0.366 e. The van der Waals surface area contributed by atoms with Crippen molar-refractivity contribution in [2.24, 2.45) is 11.7 Å². The standard InChI is InChI=1S/C19H20N6O/c20-18(26)16-6-4-5-14(12-16)11-15-9-10-24(13-15)19-21-22-23-25(19)17-7-2-1-3-8-17/h1-8,12,15H,9-11,13H2,(H2,20,26)/t15-/m0/s1. The highest BCUT2D eigenvalue weighted by atomic mass is 16.1. The second-order valence-corrected chi connectivity index (χ2v) is 6.60. The highest BCUT2D eigenvalue weighted by molar-refractivity contribution is 5.92. The summed E-state index contributed by atoms with van der Waals surface area (Å²) in [6, 6.07) is 17.5. The van der Waals surface area contributed by atoms with E-state index in [1.54, 1.807) is 10.7 Å². The molecule has 7 heteroatoms. The van der Waals surface area contributed by atoms with Crippen LogP contribution in [0, 0.1) is 5.92 Å². The summed E-state index contributed by atoms with van der Waals surface area (Å²) >= 11 is 0. The van der Waals surface area contributed by atoms with Crippen molar-refractivity contribution in [3.63, 3.8) is 0 Å². The molecule has 7 nitrogen and oxygen atoms in total. The van der Waals surface area contributed by atoms with Crippen LogP contribution < -0.4 is 10.6 Å². The van der Waals surface area contributed by atoms with Gasteiger partial charge in [-0.2, -0.15) is 4.68 Å². The second-order valence-electron chi connectivity index (χ2n) is 6.60. The highest BCUT2D eigenvalue weighted by Gasteiger charge is 2.27. The third kappa shape index (κ3) is 3.28. The van der Waals surface area contributed by atoms with Crippen molar-refractivity contribution >= 4 is 11.9 Å². The van der Waals surface area contributed by atoms with Crippen molar-refractivity contribution < 1.29 is 4.79 Å². The monoisotopic (exact) mass is 348 g/mol.